The summed E-state index contributed by atoms with van der Waals surface area (Å²) in [6.07, 6.45) is 3.72. The van der Waals surface area contributed by atoms with Gasteiger partial charge in [-0.25, -0.2) is 0 Å². The van der Waals surface area contributed by atoms with Crippen molar-refractivity contribution < 1.29 is 4.84 Å². The Morgan fingerprint density at radius 1 is 1.42 bits per heavy atom. The smallest absolute Gasteiger partial charge is 0.154 e. The summed E-state index contributed by atoms with van der Waals surface area (Å²) in [5, 5.41) is 0. The molecule has 4 nitrogen and oxygen atoms in total. The van der Waals surface area contributed by atoms with Gasteiger partial charge in [-0.05, 0) is 19.1 Å². The maximum absolute atomic E-state index is 5.68. The van der Waals surface area contributed by atoms with E-state index in [1.165, 1.54) is 0 Å². The summed E-state index contributed by atoms with van der Waals surface area (Å²) in [7, 11) is 0. The van der Waals surface area contributed by atoms with E-state index in [0.29, 0.717) is 6.61 Å². The van der Waals surface area contributed by atoms with Gasteiger partial charge in [-0.1, -0.05) is 0 Å². The van der Waals surface area contributed by atoms with Crippen LogP contribution in [0.4, 0.5) is 5.82 Å². The zero-order valence-electron chi connectivity index (χ0n) is 6.90. The molecule has 12 heavy (non-hydrogen) atoms. The highest BCUT2D eigenvalue weighted by Crippen LogP contribution is 2.11. The second-order valence-corrected chi connectivity index (χ2v) is 2.53. The van der Waals surface area contributed by atoms with Gasteiger partial charge in [-0.3, -0.25) is 4.40 Å². The van der Waals surface area contributed by atoms with Crippen molar-refractivity contribution in [3.05, 3.63) is 24.5 Å². The van der Waals surface area contributed by atoms with Gasteiger partial charge in [0.2, 0.25) is 0 Å². The van der Waals surface area contributed by atoms with Crippen molar-refractivity contribution in [2.75, 3.05) is 12.3 Å². The lowest BCUT2D eigenvalue weighted by molar-refractivity contribution is 0.131. The van der Waals surface area contributed by atoms with Crippen LogP contribution in [-0.4, -0.2) is 15.7 Å². The summed E-state index contributed by atoms with van der Waals surface area (Å²) in [6, 6.07) is 3.77. The standard InChI is InChI=1S/C8H11N3O/c1-2-12-11-6-5-10-7(9)3-4-8(10)11/h3-6H,2,9H2,1H3. The number of nitrogen functional groups attached to an aromatic ring is 1. The molecule has 0 saturated heterocycles. The summed E-state index contributed by atoms with van der Waals surface area (Å²) in [5.41, 5.74) is 6.63. The number of imidazole rings is 1. The van der Waals surface area contributed by atoms with Gasteiger partial charge in [0.25, 0.3) is 0 Å². The van der Waals surface area contributed by atoms with Crippen molar-refractivity contribution >= 4 is 11.5 Å². The minimum absolute atomic E-state index is 0.648. The summed E-state index contributed by atoms with van der Waals surface area (Å²) < 4.78 is 3.58. The lowest BCUT2D eigenvalue weighted by Crippen LogP contribution is -2.08. The molecular formula is C8H11N3O. The van der Waals surface area contributed by atoms with Gasteiger partial charge in [0.1, 0.15) is 12.4 Å². The van der Waals surface area contributed by atoms with Gasteiger partial charge in [0.15, 0.2) is 5.65 Å². The Bertz CT molecular complexity index is 388. The Labute approximate surface area is 70.1 Å². The first-order chi connectivity index (χ1) is 5.83. The van der Waals surface area contributed by atoms with Crippen LogP contribution in [0.3, 0.4) is 0 Å². The Hall–Kier alpha value is -1.58. The molecule has 4 heteroatoms. The molecule has 0 aliphatic rings. The molecule has 0 fully saturated rings. The Balaban J connectivity index is 2.55. The largest absolute Gasteiger partial charge is 0.413 e. The number of aromatic nitrogens is 2. The monoisotopic (exact) mass is 165 g/mol. The summed E-state index contributed by atoms with van der Waals surface area (Å²) in [4.78, 5) is 5.31. The van der Waals surface area contributed by atoms with Gasteiger partial charge >= 0.3 is 0 Å². The Morgan fingerprint density at radius 3 is 3.00 bits per heavy atom. The highest BCUT2D eigenvalue weighted by molar-refractivity contribution is 5.51. The number of nitrogens with zero attached hydrogens (tertiary/aromatic N) is 2. The molecule has 2 rings (SSSR count). The first-order valence-electron chi connectivity index (χ1n) is 3.90. The third kappa shape index (κ3) is 0.845. The number of rotatable bonds is 2. The lowest BCUT2D eigenvalue weighted by Gasteiger charge is -2.01. The number of hydrogen-bond acceptors (Lipinski definition) is 2. The molecule has 0 saturated carbocycles. The third-order valence-electron chi connectivity index (χ3n) is 1.77. The van der Waals surface area contributed by atoms with E-state index in [4.69, 9.17) is 10.6 Å². The maximum Gasteiger partial charge on any atom is 0.154 e. The lowest BCUT2D eigenvalue weighted by atomic mass is 10.6. The van der Waals surface area contributed by atoms with E-state index in [-0.39, 0.29) is 0 Å². The van der Waals surface area contributed by atoms with Crippen LogP contribution in [0.25, 0.3) is 5.65 Å². The summed E-state index contributed by atoms with van der Waals surface area (Å²) in [6.45, 7) is 2.60. The number of hydrogen-bond donors (Lipinski definition) is 1. The van der Waals surface area contributed by atoms with E-state index in [1.807, 2.05) is 35.9 Å². The summed E-state index contributed by atoms with van der Waals surface area (Å²) >= 11 is 0. The highest BCUT2D eigenvalue weighted by atomic mass is 16.7. The van der Waals surface area contributed by atoms with E-state index in [2.05, 4.69) is 0 Å². The number of nitrogens with two attached hydrogens (primary N) is 1. The molecule has 2 heterocycles. The van der Waals surface area contributed by atoms with Gasteiger partial charge in [0, 0.05) is 6.20 Å². The predicted molar refractivity (Wildman–Crippen MR) is 46.9 cm³/mol. The van der Waals surface area contributed by atoms with E-state index in [0.717, 1.165) is 11.5 Å². The SMILES string of the molecule is CCOn1ccn2c(N)ccc12. The fourth-order valence-electron chi connectivity index (χ4n) is 1.25. The van der Waals surface area contributed by atoms with Crippen molar-refractivity contribution in [1.82, 2.24) is 9.13 Å². The second kappa shape index (κ2) is 2.48. The fraction of sp³-hybridized carbons (Fsp3) is 0.250. The van der Waals surface area contributed by atoms with Crippen LogP contribution in [0, 0.1) is 0 Å². The molecule has 0 atom stereocenters. The Morgan fingerprint density at radius 2 is 2.25 bits per heavy atom. The molecule has 2 aromatic rings. The maximum atomic E-state index is 5.68. The quantitative estimate of drug-likeness (QED) is 0.714. The van der Waals surface area contributed by atoms with Gasteiger partial charge in [-0.15, -0.1) is 0 Å². The van der Waals surface area contributed by atoms with Gasteiger partial charge in [0.05, 0.1) is 6.20 Å². The predicted octanol–water partition coefficient (Wildman–Crippen LogP) is 0.771. The zero-order valence-corrected chi connectivity index (χ0v) is 6.90. The van der Waals surface area contributed by atoms with E-state index in [1.54, 1.807) is 4.73 Å². The molecule has 0 aliphatic heterocycles. The average molecular weight is 165 g/mol. The average Bonchev–Trinajstić information content (AvgIpc) is 2.58. The van der Waals surface area contributed by atoms with E-state index < -0.39 is 0 Å². The first-order valence-corrected chi connectivity index (χ1v) is 3.90. The molecule has 0 unspecified atom stereocenters. The number of fused-ring (bicyclic) bond motifs is 1. The van der Waals surface area contributed by atoms with Crippen molar-refractivity contribution in [3.63, 3.8) is 0 Å². The molecule has 0 aliphatic carbocycles. The minimum atomic E-state index is 0.648. The molecule has 0 bridgehead atoms. The van der Waals surface area contributed by atoms with Crippen molar-refractivity contribution in [2.45, 2.75) is 6.92 Å². The van der Waals surface area contributed by atoms with Gasteiger partial charge in [-0.2, -0.15) is 4.73 Å². The van der Waals surface area contributed by atoms with E-state index >= 15 is 0 Å². The van der Waals surface area contributed by atoms with Crippen LogP contribution in [0.2, 0.25) is 0 Å². The van der Waals surface area contributed by atoms with Gasteiger partial charge < -0.3 is 10.6 Å². The molecule has 2 aromatic heterocycles. The van der Waals surface area contributed by atoms with Crippen LogP contribution < -0.4 is 10.6 Å². The van der Waals surface area contributed by atoms with Crippen LogP contribution in [0.5, 0.6) is 0 Å². The molecule has 0 amide bonds. The molecule has 0 aromatic carbocycles. The highest BCUT2D eigenvalue weighted by Gasteiger charge is 2.02. The van der Waals surface area contributed by atoms with Crippen LogP contribution in [0.15, 0.2) is 24.5 Å². The molecule has 0 spiro atoms. The normalized spacial score (nSPS) is 10.8. The zero-order chi connectivity index (χ0) is 8.55. The third-order valence-corrected chi connectivity index (χ3v) is 1.77. The topological polar surface area (TPSA) is 44.6 Å². The molecule has 2 N–H and O–H groups in total. The summed E-state index contributed by atoms with van der Waals surface area (Å²) in [5.74, 6) is 0.725. The molecule has 64 valence electrons. The van der Waals surface area contributed by atoms with Crippen LogP contribution in [-0.2, 0) is 0 Å². The Kier molecular flexibility index (Phi) is 1.46. The van der Waals surface area contributed by atoms with E-state index in [9.17, 15) is 0 Å². The first kappa shape index (κ1) is 7.09. The minimum Gasteiger partial charge on any atom is -0.413 e. The van der Waals surface area contributed by atoms with Crippen molar-refractivity contribution in [1.29, 1.82) is 0 Å². The molecular weight excluding hydrogens is 154 g/mol. The fourth-order valence-corrected chi connectivity index (χ4v) is 1.25. The van der Waals surface area contributed by atoms with Crippen molar-refractivity contribution in [2.24, 2.45) is 0 Å². The van der Waals surface area contributed by atoms with Crippen LogP contribution >= 0.6 is 0 Å². The van der Waals surface area contributed by atoms with Crippen LogP contribution in [0.1, 0.15) is 6.92 Å². The molecule has 0 radical (unpaired) electrons. The second-order valence-electron chi connectivity index (χ2n) is 2.53. The van der Waals surface area contributed by atoms with Crippen molar-refractivity contribution in [3.8, 4) is 0 Å². The number of anilines is 1.